The quantitative estimate of drug-likeness (QED) is 0.0247. The third-order valence-corrected chi connectivity index (χ3v) is 8.98. The number of likely N-dealkylation sites (N-methyl/N-ethyl adjacent to an activating group) is 1. The second-order valence-electron chi connectivity index (χ2n) is 13.7. The average molecular weight is 676 g/mol. The Morgan fingerprint density at radius 3 is 1.83 bits per heavy atom. The van der Waals surface area contributed by atoms with Crippen LogP contribution in [0, 0.1) is 0 Å². The van der Waals surface area contributed by atoms with Crippen molar-refractivity contribution in [1.29, 1.82) is 0 Å². The van der Waals surface area contributed by atoms with Crippen molar-refractivity contribution in [2.75, 3.05) is 40.9 Å². The topological polar surface area (TPSA) is 125 Å². The van der Waals surface area contributed by atoms with Crippen LogP contribution in [0.5, 0.6) is 0 Å². The second kappa shape index (κ2) is 28.9. The average Bonchev–Trinajstić information content (AvgIpc) is 2.99. The van der Waals surface area contributed by atoms with Crippen molar-refractivity contribution in [2.24, 2.45) is 0 Å². The molecule has 0 aromatic rings. The van der Waals surface area contributed by atoms with Gasteiger partial charge in [0.25, 0.3) is 0 Å². The molecule has 0 heterocycles. The van der Waals surface area contributed by atoms with Crippen molar-refractivity contribution in [3.05, 3.63) is 24.3 Å². The van der Waals surface area contributed by atoms with Crippen LogP contribution in [0.25, 0.3) is 0 Å². The van der Waals surface area contributed by atoms with Gasteiger partial charge in [-0.1, -0.05) is 102 Å². The van der Waals surface area contributed by atoms with Crippen LogP contribution in [0.1, 0.15) is 142 Å². The number of hydrogen-bond donors (Lipinski definition) is 4. The lowest BCUT2D eigenvalue weighted by Gasteiger charge is -2.28. The van der Waals surface area contributed by atoms with Crippen molar-refractivity contribution in [2.45, 2.75) is 161 Å². The number of nitrogens with one attached hydrogen (secondary N) is 1. The molecule has 46 heavy (non-hydrogen) atoms. The van der Waals surface area contributed by atoms with Crippen LogP contribution < -0.4 is 5.32 Å². The van der Waals surface area contributed by atoms with Crippen LogP contribution in [0.4, 0.5) is 0 Å². The Morgan fingerprint density at radius 1 is 0.739 bits per heavy atom. The highest BCUT2D eigenvalue weighted by atomic mass is 31.2. The maximum atomic E-state index is 12.8. The second-order valence-corrected chi connectivity index (χ2v) is 15.2. The van der Waals surface area contributed by atoms with Crippen molar-refractivity contribution < 1.29 is 38.0 Å². The Kier molecular flexibility index (Phi) is 28.2. The highest BCUT2D eigenvalue weighted by Crippen LogP contribution is 2.43. The standard InChI is InChI=1S/C36H71N2O7P/c1-6-8-10-12-14-16-18-19-20-22-24-26-28-34(39)36(41)33(32-45-46(42,43)44-31-30-38(3,4)5)37-35(40)29-27-25-23-21-17-15-13-11-9-7-2/h11,13,20,22,33-34,36,39,41H,6-10,12,14-19,21,23-32H2,1-5H3,(H-,37,40,42,43)/p+1/b13-11-,22-20+. The van der Waals surface area contributed by atoms with Gasteiger partial charge in [-0.15, -0.1) is 0 Å². The fourth-order valence-corrected chi connectivity index (χ4v) is 5.70. The fraction of sp³-hybridized carbons (Fsp3) is 0.861. The van der Waals surface area contributed by atoms with Gasteiger partial charge >= 0.3 is 7.82 Å². The minimum Gasteiger partial charge on any atom is -0.390 e. The molecule has 10 heteroatoms. The number of allylic oxidation sites excluding steroid dienone is 4. The van der Waals surface area contributed by atoms with Crippen LogP contribution >= 0.6 is 7.82 Å². The third kappa shape index (κ3) is 29.1. The van der Waals surface area contributed by atoms with Crippen molar-refractivity contribution >= 4 is 13.7 Å². The molecule has 0 spiro atoms. The minimum atomic E-state index is -4.41. The summed E-state index contributed by atoms with van der Waals surface area (Å²) in [7, 11) is 1.41. The van der Waals surface area contributed by atoms with Gasteiger partial charge in [0.1, 0.15) is 19.3 Å². The van der Waals surface area contributed by atoms with Crippen LogP contribution in [-0.2, 0) is 18.4 Å². The molecule has 0 aliphatic carbocycles. The Morgan fingerprint density at radius 2 is 1.26 bits per heavy atom. The van der Waals surface area contributed by atoms with E-state index in [1.807, 2.05) is 21.1 Å². The number of carbonyl (C=O) groups is 1. The van der Waals surface area contributed by atoms with Gasteiger partial charge < -0.3 is 24.9 Å². The Balaban J connectivity index is 4.73. The summed E-state index contributed by atoms with van der Waals surface area (Å²) in [4.78, 5) is 22.9. The van der Waals surface area contributed by atoms with E-state index in [1.54, 1.807) is 0 Å². The van der Waals surface area contributed by atoms with Crippen LogP contribution in [0.15, 0.2) is 24.3 Å². The van der Waals surface area contributed by atoms with Gasteiger partial charge in [0.15, 0.2) is 0 Å². The predicted molar refractivity (Wildman–Crippen MR) is 191 cm³/mol. The monoisotopic (exact) mass is 676 g/mol. The van der Waals surface area contributed by atoms with Gasteiger partial charge in [0.2, 0.25) is 5.91 Å². The zero-order chi connectivity index (χ0) is 34.5. The smallest absolute Gasteiger partial charge is 0.390 e. The SMILES string of the molecule is CCC/C=C\CCCCCCCC(=O)NC(COP(=O)(O)OCC[N+](C)(C)C)C(O)C(O)CCC/C=C/CCCCCCCCC. The number of unbranched alkanes of at least 4 members (excludes halogenated alkanes) is 14. The number of nitrogens with zero attached hydrogens (tertiary/aromatic N) is 1. The molecule has 0 aliphatic rings. The van der Waals surface area contributed by atoms with Crippen LogP contribution in [0.3, 0.4) is 0 Å². The van der Waals surface area contributed by atoms with Gasteiger partial charge in [-0.3, -0.25) is 13.8 Å². The Labute approximate surface area is 282 Å². The summed E-state index contributed by atoms with van der Waals surface area (Å²) >= 11 is 0. The summed E-state index contributed by atoms with van der Waals surface area (Å²) in [5.41, 5.74) is 0. The van der Waals surface area contributed by atoms with E-state index in [4.69, 9.17) is 9.05 Å². The number of phosphoric ester groups is 1. The number of amides is 1. The minimum absolute atomic E-state index is 0.0149. The van der Waals surface area contributed by atoms with Crippen molar-refractivity contribution in [1.82, 2.24) is 5.32 Å². The van der Waals surface area contributed by atoms with Gasteiger partial charge in [-0.25, -0.2) is 4.57 Å². The molecule has 0 radical (unpaired) electrons. The number of rotatable bonds is 32. The van der Waals surface area contributed by atoms with Gasteiger partial charge in [0, 0.05) is 6.42 Å². The van der Waals surface area contributed by atoms with Crippen LogP contribution in [-0.4, -0.2) is 84.6 Å². The number of hydrogen-bond acceptors (Lipinski definition) is 6. The maximum Gasteiger partial charge on any atom is 0.472 e. The van der Waals surface area contributed by atoms with Crippen molar-refractivity contribution in [3.8, 4) is 0 Å². The summed E-state index contributed by atoms with van der Waals surface area (Å²) in [6.07, 6.45) is 26.8. The van der Waals surface area contributed by atoms with E-state index in [0.717, 1.165) is 51.4 Å². The summed E-state index contributed by atoms with van der Waals surface area (Å²) in [5, 5.41) is 24.4. The Bertz CT molecular complexity index is 832. The van der Waals surface area contributed by atoms with Crippen LogP contribution in [0.2, 0.25) is 0 Å². The number of phosphoric acid groups is 1. The first kappa shape index (κ1) is 44.9. The number of aliphatic hydroxyl groups excluding tert-OH is 2. The molecule has 272 valence electrons. The van der Waals surface area contributed by atoms with E-state index < -0.39 is 32.7 Å². The molecule has 9 nitrogen and oxygen atoms in total. The summed E-state index contributed by atoms with van der Waals surface area (Å²) in [5.74, 6) is -0.283. The lowest BCUT2D eigenvalue weighted by Crippen LogP contribution is -2.51. The third-order valence-electron chi connectivity index (χ3n) is 7.99. The molecular weight excluding hydrogens is 603 g/mol. The van der Waals surface area contributed by atoms with E-state index in [2.05, 4.69) is 43.5 Å². The number of quaternary nitrogens is 1. The highest BCUT2D eigenvalue weighted by Gasteiger charge is 2.31. The molecule has 0 aliphatic heterocycles. The first-order valence-electron chi connectivity index (χ1n) is 18.3. The van der Waals surface area contributed by atoms with E-state index in [1.165, 1.54) is 51.4 Å². The van der Waals surface area contributed by atoms with E-state index in [9.17, 15) is 24.5 Å². The number of aliphatic hydroxyl groups is 2. The van der Waals surface area contributed by atoms with E-state index >= 15 is 0 Å². The molecule has 0 saturated carbocycles. The summed E-state index contributed by atoms with van der Waals surface area (Å²) in [6, 6.07) is -1.05. The van der Waals surface area contributed by atoms with Gasteiger partial charge in [-0.2, -0.15) is 0 Å². The lowest BCUT2D eigenvalue weighted by atomic mass is 10.0. The molecule has 4 atom stereocenters. The molecule has 0 bridgehead atoms. The molecule has 1 amide bonds. The zero-order valence-corrected chi connectivity index (χ0v) is 31.1. The molecule has 0 aromatic carbocycles. The molecule has 4 unspecified atom stereocenters. The summed E-state index contributed by atoms with van der Waals surface area (Å²) < 4.78 is 23.3. The fourth-order valence-electron chi connectivity index (χ4n) is 4.97. The van der Waals surface area contributed by atoms with Crippen molar-refractivity contribution in [3.63, 3.8) is 0 Å². The van der Waals surface area contributed by atoms with Gasteiger partial charge in [-0.05, 0) is 57.8 Å². The number of carbonyl (C=O) groups excluding carboxylic acids is 1. The Hall–Kier alpha value is -1.06. The van der Waals surface area contributed by atoms with Gasteiger partial charge in [0.05, 0.1) is 39.9 Å². The molecule has 0 aromatic heterocycles. The molecule has 0 rings (SSSR count). The van der Waals surface area contributed by atoms with E-state index in [-0.39, 0.29) is 18.9 Å². The highest BCUT2D eigenvalue weighted by molar-refractivity contribution is 7.47. The first-order valence-corrected chi connectivity index (χ1v) is 19.8. The molecule has 4 N–H and O–H groups in total. The first-order chi connectivity index (χ1) is 21.9. The molecule has 0 saturated heterocycles. The molecule has 0 fully saturated rings. The van der Waals surface area contributed by atoms with E-state index in [0.29, 0.717) is 30.3 Å². The zero-order valence-electron chi connectivity index (χ0n) is 30.2. The maximum absolute atomic E-state index is 12.8. The lowest BCUT2D eigenvalue weighted by molar-refractivity contribution is -0.870. The summed E-state index contributed by atoms with van der Waals surface area (Å²) in [6.45, 7) is 4.46. The predicted octanol–water partition coefficient (Wildman–Crippen LogP) is 7.99. The molecular formula is C36H72N2O7P+. The normalized spacial score (nSPS) is 15.7. The largest absolute Gasteiger partial charge is 0.472 e.